The van der Waals surface area contributed by atoms with E-state index >= 15 is 0 Å². The first kappa shape index (κ1) is 18.0. The van der Waals surface area contributed by atoms with Gasteiger partial charge in [0.1, 0.15) is 5.69 Å². The Morgan fingerprint density at radius 3 is 2.31 bits per heavy atom. The van der Waals surface area contributed by atoms with Crippen LogP contribution >= 0.6 is 0 Å². The lowest BCUT2D eigenvalue weighted by Gasteiger charge is -2.34. The van der Waals surface area contributed by atoms with Crippen molar-refractivity contribution in [1.82, 2.24) is 24.8 Å². The Labute approximate surface area is 153 Å². The minimum atomic E-state index is -0.0570. The fraction of sp³-hybridized carbons (Fsp3) is 0.500. The molecule has 0 aliphatic carbocycles. The number of carbonyl (C=O) groups is 1. The van der Waals surface area contributed by atoms with E-state index in [0.717, 1.165) is 51.5 Å². The lowest BCUT2D eigenvalue weighted by molar-refractivity contribution is 0.0787. The number of rotatable bonds is 6. The molecule has 26 heavy (non-hydrogen) atoms. The molecule has 1 fully saturated rings. The van der Waals surface area contributed by atoms with Crippen molar-refractivity contribution in [2.75, 3.05) is 49.6 Å². The van der Waals surface area contributed by atoms with Gasteiger partial charge in [0.15, 0.2) is 0 Å². The van der Waals surface area contributed by atoms with Gasteiger partial charge in [-0.1, -0.05) is 13.3 Å². The quantitative estimate of drug-likeness (QED) is 0.776. The number of amides is 1. The average molecular weight is 355 g/mol. The second-order valence-corrected chi connectivity index (χ2v) is 6.35. The van der Waals surface area contributed by atoms with Crippen LogP contribution in [0.2, 0.25) is 0 Å². The number of aromatic nitrogens is 4. The van der Waals surface area contributed by atoms with Crippen LogP contribution in [-0.2, 0) is 0 Å². The van der Waals surface area contributed by atoms with Crippen LogP contribution in [0.3, 0.4) is 0 Å². The largest absolute Gasteiger partial charge is 0.340 e. The Hall–Kier alpha value is -2.77. The van der Waals surface area contributed by atoms with Crippen molar-refractivity contribution in [3.8, 4) is 0 Å². The Balaban J connectivity index is 1.63. The maximum absolute atomic E-state index is 12.5. The molecule has 2 aromatic heterocycles. The molecule has 0 bridgehead atoms. The molecule has 0 atom stereocenters. The van der Waals surface area contributed by atoms with E-state index in [1.54, 1.807) is 29.6 Å². The molecule has 1 saturated heterocycles. The van der Waals surface area contributed by atoms with Crippen molar-refractivity contribution in [1.29, 1.82) is 0 Å². The smallest absolute Gasteiger partial charge is 0.272 e. The first-order valence-electron chi connectivity index (χ1n) is 9.04. The summed E-state index contributed by atoms with van der Waals surface area (Å²) >= 11 is 0. The van der Waals surface area contributed by atoms with Gasteiger partial charge in [-0.2, -0.15) is 0 Å². The molecule has 3 heterocycles. The minimum Gasteiger partial charge on any atom is -0.340 e. The summed E-state index contributed by atoms with van der Waals surface area (Å²) in [5, 5.41) is 0. The Bertz CT molecular complexity index is 716. The van der Waals surface area contributed by atoms with Gasteiger partial charge in [0.25, 0.3) is 5.91 Å². The number of nitrogens with zero attached hydrogens (tertiary/aromatic N) is 7. The summed E-state index contributed by atoms with van der Waals surface area (Å²) in [5.74, 6) is 1.29. The van der Waals surface area contributed by atoms with E-state index in [1.165, 1.54) is 0 Å². The third-order valence-electron chi connectivity index (χ3n) is 4.45. The number of unbranched alkanes of at least 4 members (excludes halogenated alkanes) is 1. The van der Waals surface area contributed by atoms with E-state index in [4.69, 9.17) is 0 Å². The maximum atomic E-state index is 12.5. The van der Waals surface area contributed by atoms with E-state index in [0.29, 0.717) is 11.6 Å². The van der Waals surface area contributed by atoms with Crippen molar-refractivity contribution >= 4 is 17.8 Å². The molecule has 1 aliphatic rings. The molecule has 0 aromatic carbocycles. The number of hydrogen-bond donors (Lipinski definition) is 0. The van der Waals surface area contributed by atoms with Gasteiger partial charge in [-0.25, -0.2) is 19.9 Å². The molecule has 0 radical (unpaired) electrons. The van der Waals surface area contributed by atoms with E-state index in [1.807, 2.05) is 13.1 Å². The van der Waals surface area contributed by atoms with Gasteiger partial charge in [0.05, 0.1) is 0 Å². The van der Waals surface area contributed by atoms with Gasteiger partial charge in [-0.3, -0.25) is 4.79 Å². The number of hydrogen-bond acceptors (Lipinski definition) is 7. The summed E-state index contributed by atoms with van der Waals surface area (Å²) in [7, 11) is 1.82. The highest BCUT2D eigenvalue weighted by molar-refractivity contribution is 5.92. The zero-order valence-corrected chi connectivity index (χ0v) is 15.4. The van der Waals surface area contributed by atoms with Gasteiger partial charge in [-0.15, -0.1) is 0 Å². The lowest BCUT2D eigenvalue weighted by atomic mass is 10.3. The van der Waals surface area contributed by atoms with E-state index < -0.39 is 0 Å². The third kappa shape index (κ3) is 4.25. The lowest BCUT2D eigenvalue weighted by Crippen LogP contribution is -2.47. The third-order valence-corrected chi connectivity index (χ3v) is 4.45. The maximum Gasteiger partial charge on any atom is 0.272 e. The van der Waals surface area contributed by atoms with Crippen LogP contribution in [0.4, 0.5) is 11.9 Å². The van der Waals surface area contributed by atoms with E-state index in [-0.39, 0.29) is 5.91 Å². The second kappa shape index (κ2) is 8.55. The molecular formula is C18H25N7O. The number of carbonyl (C=O) groups excluding carboxylic acids is 1. The van der Waals surface area contributed by atoms with Crippen molar-refractivity contribution in [3.63, 3.8) is 0 Å². The Kier molecular flexibility index (Phi) is 5.93. The van der Waals surface area contributed by atoms with Crippen LogP contribution in [0.1, 0.15) is 30.3 Å². The average Bonchev–Trinajstić information content (AvgIpc) is 2.72. The fourth-order valence-corrected chi connectivity index (χ4v) is 2.87. The zero-order chi connectivity index (χ0) is 18.4. The monoisotopic (exact) mass is 355 g/mol. The summed E-state index contributed by atoms with van der Waals surface area (Å²) < 4.78 is 0. The minimum absolute atomic E-state index is 0.0570. The van der Waals surface area contributed by atoms with Crippen LogP contribution in [-0.4, -0.2) is 70.5 Å². The molecule has 0 N–H and O–H groups in total. The van der Waals surface area contributed by atoms with Crippen LogP contribution in [0.15, 0.2) is 30.7 Å². The second-order valence-electron chi connectivity index (χ2n) is 6.35. The normalized spacial score (nSPS) is 14.4. The fourth-order valence-electron chi connectivity index (χ4n) is 2.87. The Morgan fingerprint density at radius 2 is 1.65 bits per heavy atom. The summed E-state index contributed by atoms with van der Waals surface area (Å²) in [6.07, 6.45) is 7.21. The Morgan fingerprint density at radius 1 is 1.04 bits per heavy atom. The molecule has 0 spiro atoms. The van der Waals surface area contributed by atoms with Crippen molar-refractivity contribution < 1.29 is 4.79 Å². The molecule has 3 rings (SSSR count). The highest BCUT2D eigenvalue weighted by Gasteiger charge is 2.22. The van der Waals surface area contributed by atoms with Crippen molar-refractivity contribution in [3.05, 3.63) is 36.4 Å². The highest BCUT2D eigenvalue weighted by atomic mass is 16.2. The first-order chi connectivity index (χ1) is 12.7. The van der Waals surface area contributed by atoms with E-state index in [9.17, 15) is 4.79 Å². The van der Waals surface area contributed by atoms with Crippen LogP contribution in [0.5, 0.6) is 0 Å². The molecule has 1 aliphatic heterocycles. The van der Waals surface area contributed by atoms with Gasteiger partial charge < -0.3 is 14.7 Å². The number of piperazine rings is 1. The SMILES string of the molecule is CCCCN(C)C(=O)c1ccnc(N2CCN(c3ncccn3)CC2)n1. The summed E-state index contributed by atoms with van der Waals surface area (Å²) in [6, 6.07) is 3.50. The van der Waals surface area contributed by atoms with Gasteiger partial charge in [-0.05, 0) is 18.6 Å². The van der Waals surface area contributed by atoms with Crippen LogP contribution < -0.4 is 9.80 Å². The summed E-state index contributed by atoms with van der Waals surface area (Å²) in [5.41, 5.74) is 0.447. The highest BCUT2D eigenvalue weighted by Crippen LogP contribution is 2.15. The molecule has 8 heteroatoms. The summed E-state index contributed by atoms with van der Waals surface area (Å²) in [4.78, 5) is 35.9. The van der Waals surface area contributed by atoms with Gasteiger partial charge >= 0.3 is 0 Å². The zero-order valence-electron chi connectivity index (χ0n) is 15.4. The van der Waals surface area contributed by atoms with E-state index in [2.05, 4.69) is 36.7 Å². The molecule has 138 valence electrons. The van der Waals surface area contributed by atoms with Gasteiger partial charge in [0.2, 0.25) is 11.9 Å². The molecule has 1 amide bonds. The molecule has 0 saturated carbocycles. The van der Waals surface area contributed by atoms with Crippen LogP contribution in [0, 0.1) is 0 Å². The standard InChI is InChI=1S/C18H25N7O/c1-3-4-10-23(2)16(26)15-6-9-21-18(22-15)25-13-11-24(12-14-25)17-19-7-5-8-20-17/h5-9H,3-4,10-14H2,1-2H3. The van der Waals surface area contributed by atoms with Gasteiger partial charge in [0, 0.05) is 58.4 Å². The predicted molar refractivity (Wildman–Crippen MR) is 100 cm³/mol. The molecule has 0 unspecified atom stereocenters. The van der Waals surface area contributed by atoms with Crippen LogP contribution in [0.25, 0.3) is 0 Å². The topological polar surface area (TPSA) is 78.4 Å². The molecular weight excluding hydrogens is 330 g/mol. The first-order valence-corrected chi connectivity index (χ1v) is 9.04. The predicted octanol–water partition coefficient (Wildman–Crippen LogP) is 1.47. The molecule has 8 nitrogen and oxygen atoms in total. The number of anilines is 2. The van der Waals surface area contributed by atoms with Crippen molar-refractivity contribution in [2.45, 2.75) is 19.8 Å². The van der Waals surface area contributed by atoms with Crippen molar-refractivity contribution in [2.24, 2.45) is 0 Å². The summed E-state index contributed by atoms with van der Waals surface area (Å²) in [6.45, 7) is 5.97. The molecule has 2 aromatic rings.